The van der Waals surface area contributed by atoms with Gasteiger partial charge in [-0.3, -0.25) is 9.59 Å². The number of nitrogens with zero attached hydrogens (tertiary/aromatic N) is 4. The highest BCUT2D eigenvalue weighted by Gasteiger charge is 2.42. The van der Waals surface area contributed by atoms with Gasteiger partial charge in [0.2, 0.25) is 15.9 Å². The third-order valence-corrected chi connectivity index (χ3v) is 9.12. The number of thiophene rings is 1. The van der Waals surface area contributed by atoms with Gasteiger partial charge in [0.15, 0.2) is 0 Å². The van der Waals surface area contributed by atoms with Gasteiger partial charge in [0, 0.05) is 37.6 Å². The summed E-state index contributed by atoms with van der Waals surface area (Å²) in [7, 11) is 2.92. The summed E-state index contributed by atoms with van der Waals surface area (Å²) in [4.78, 5) is 30.9. The summed E-state index contributed by atoms with van der Waals surface area (Å²) in [5.74, 6) is -1.57. The summed E-state index contributed by atoms with van der Waals surface area (Å²) in [6.07, 6.45) is 0.735. The van der Waals surface area contributed by atoms with Crippen LogP contribution in [-0.4, -0.2) is 88.2 Å². The van der Waals surface area contributed by atoms with E-state index in [2.05, 4.69) is 0 Å². The fourth-order valence-electron chi connectivity index (χ4n) is 4.17. The van der Waals surface area contributed by atoms with Crippen molar-refractivity contribution in [3.8, 4) is 0 Å². The van der Waals surface area contributed by atoms with Gasteiger partial charge in [0.25, 0.3) is 5.91 Å². The Morgan fingerprint density at radius 3 is 2.46 bits per heavy atom. The minimum absolute atomic E-state index is 0.0217. The molecule has 1 fully saturated rings. The Labute approximate surface area is 226 Å². The molecule has 1 unspecified atom stereocenters. The molecule has 0 aliphatic carbocycles. The van der Waals surface area contributed by atoms with Crippen molar-refractivity contribution in [1.29, 1.82) is 0 Å². The van der Waals surface area contributed by atoms with Crippen LogP contribution in [0.5, 0.6) is 0 Å². The van der Waals surface area contributed by atoms with Crippen LogP contribution in [-0.2, 0) is 14.8 Å². The van der Waals surface area contributed by atoms with Crippen molar-refractivity contribution in [2.45, 2.75) is 25.8 Å². The second-order valence-corrected chi connectivity index (χ2v) is 12.8. The van der Waals surface area contributed by atoms with Gasteiger partial charge in [0.1, 0.15) is 11.9 Å². The number of anilines is 1. The van der Waals surface area contributed by atoms with E-state index in [1.165, 1.54) is 43.0 Å². The highest BCUT2D eigenvalue weighted by Crippen LogP contribution is 2.32. The summed E-state index contributed by atoms with van der Waals surface area (Å²) in [6.45, 7) is 2.62. The number of sulfonamides is 1. The standard InChI is InChI=1S/C25H32ClFN4O4S2/c1-17(22-9-10-23(26)36-22)16-37(34,35)31(13-6-12-28(2)3)21-11-14-30(25(21)33)20-8-7-18(15-19(20)27)24(32)29(4)5/h7-10,15-16,21H,6,11-14H2,1-5H3/b17-16+. The molecule has 202 valence electrons. The van der Waals surface area contributed by atoms with Crippen LogP contribution in [0.15, 0.2) is 35.7 Å². The van der Waals surface area contributed by atoms with Gasteiger partial charge in [-0.2, -0.15) is 4.31 Å². The first-order valence-electron chi connectivity index (χ1n) is 11.7. The maximum absolute atomic E-state index is 15.0. The van der Waals surface area contributed by atoms with Crippen LogP contribution < -0.4 is 4.90 Å². The molecule has 0 saturated carbocycles. The van der Waals surface area contributed by atoms with Crippen LogP contribution in [0.3, 0.4) is 0 Å². The number of rotatable bonds is 10. The lowest BCUT2D eigenvalue weighted by atomic mass is 10.1. The predicted molar refractivity (Wildman–Crippen MR) is 147 cm³/mol. The third kappa shape index (κ3) is 6.97. The maximum Gasteiger partial charge on any atom is 0.253 e. The van der Waals surface area contributed by atoms with E-state index in [-0.39, 0.29) is 36.7 Å². The monoisotopic (exact) mass is 570 g/mol. The quantitative estimate of drug-likeness (QED) is 0.431. The molecule has 0 N–H and O–H groups in total. The second-order valence-electron chi connectivity index (χ2n) is 9.38. The van der Waals surface area contributed by atoms with Gasteiger partial charge in [-0.05, 0) is 76.3 Å². The van der Waals surface area contributed by atoms with Crippen LogP contribution in [0.1, 0.15) is 35.0 Å². The Bertz CT molecular complexity index is 1290. The fraction of sp³-hybridized carbons (Fsp3) is 0.440. The van der Waals surface area contributed by atoms with Crippen LogP contribution in [0.4, 0.5) is 10.1 Å². The Morgan fingerprint density at radius 1 is 1.19 bits per heavy atom. The summed E-state index contributed by atoms with van der Waals surface area (Å²) in [5.41, 5.74) is 0.703. The molecule has 1 saturated heterocycles. The number of carbonyl (C=O) groups is 2. The number of hydrogen-bond acceptors (Lipinski definition) is 6. The number of halogens is 2. The fourth-order valence-corrected chi connectivity index (χ4v) is 6.90. The SMILES string of the molecule is C/C(=C\S(=O)(=O)N(CCCN(C)C)C1CCN(c2ccc(C(=O)N(C)C)cc2F)C1=O)c1ccc(Cl)s1. The molecule has 1 atom stereocenters. The van der Waals surface area contributed by atoms with Gasteiger partial charge < -0.3 is 14.7 Å². The Morgan fingerprint density at radius 2 is 1.89 bits per heavy atom. The van der Waals surface area contributed by atoms with Crippen molar-refractivity contribution in [2.24, 2.45) is 0 Å². The van der Waals surface area contributed by atoms with Crippen LogP contribution in [0.25, 0.3) is 5.57 Å². The summed E-state index contributed by atoms with van der Waals surface area (Å²) < 4.78 is 43.8. The summed E-state index contributed by atoms with van der Waals surface area (Å²) in [5, 5.41) is 1.17. The van der Waals surface area contributed by atoms with Crippen LogP contribution in [0, 0.1) is 5.82 Å². The minimum Gasteiger partial charge on any atom is -0.345 e. The van der Waals surface area contributed by atoms with Gasteiger partial charge in [-0.25, -0.2) is 12.8 Å². The number of hydrogen-bond donors (Lipinski definition) is 0. The molecule has 1 aliphatic rings. The first kappa shape index (κ1) is 29.2. The molecular weight excluding hydrogens is 539 g/mol. The molecule has 0 radical (unpaired) electrons. The van der Waals surface area contributed by atoms with Gasteiger partial charge >= 0.3 is 0 Å². The molecule has 37 heavy (non-hydrogen) atoms. The third-order valence-electron chi connectivity index (χ3n) is 6.01. The lowest BCUT2D eigenvalue weighted by Crippen LogP contribution is -2.45. The van der Waals surface area contributed by atoms with E-state index in [4.69, 9.17) is 11.6 Å². The van der Waals surface area contributed by atoms with E-state index in [1.54, 1.807) is 33.2 Å². The first-order valence-corrected chi connectivity index (χ1v) is 14.4. The van der Waals surface area contributed by atoms with E-state index in [0.717, 1.165) is 10.9 Å². The molecule has 0 bridgehead atoms. The molecule has 2 heterocycles. The van der Waals surface area contributed by atoms with Crippen molar-refractivity contribution in [2.75, 3.05) is 52.7 Å². The largest absolute Gasteiger partial charge is 0.345 e. The molecule has 2 aromatic rings. The normalized spacial score (nSPS) is 16.8. The van der Waals surface area contributed by atoms with E-state index < -0.39 is 27.8 Å². The van der Waals surface area contributed by atoms with Crippen molar-refractivity contribution >= 4 is 56.0 Å². The Balaban J connectivity index is 1.90. The van der Waals surface area contributed by atoms with Gasteiger partial charge in [0.05, 0.1) is 15.4 Å². The average Bonchev–Trinajstić information content (AvgIpc) is 3.41. The number of carbonyl (C=O) groups excluding carboxylic acids is 2. The molecule has 1 aliphatic heterocycles. The van der Waals surface area contributed by atoms with Crippen LogP contribution >= 0.6 is 22.9 Å². The topological polar surface area (TPSA) is 81.2 Å². The first-order chi connectivity index (χ1) is 17.3. The molecular formula is C25H32ClFN4O4S2. The highest BCUT2D eigenvalue weighted by atomic mass is 35.5. The van der Waals surface area contributed by atoms with Gasteiger partial charge in [-0.15, -0.1) is 11.3 Å². The number of allylic oxidation sites excluding steroid dienone is 1. The summed E-state index contributed by atoms with van der Waals surface area (Å²) in [6, 6.07) is 6.44. The lowest BCUT2D eigenvalue weighted by molar-refractivity contribution is -0.120. The molecule has 8 nitrogen and oxygen atoms in total. The average molecular weight is 571 g/mol. The molecule has 2 amide bonds. The molecule has 1 aromatic carbocycles. The minimum atomic E-state index is -3.99. The highest BCUT2D eigenvalue weighted by molar-refractivity contribution is 7.92. The summed E-state index contributed by atoms with van der Waals surface area (Å²) >= 11 is 7.28. The second kappa shape index (κ2) is 12.0. The van der Waals surface area contributed by atoms with Gasteiger partial charge in [-0.1, -0.05) is 11.6 Å². The molecule has 3 rings (SSSR count). The maximum atomic E-state index is 15.0. The van der Waals surface area contributed by atoms with Crippen molar-refractivity contribution in [3.63, 3.8) is 0 Å². The Hall–Kier alpha value is -2.31. The zero-order chi connectivity index (χ0) is 27.5. The zero-order valence-corrected chi connectivity index (χ0v) is 24.0. The zero-order valence-electron chi connectivity index (χ0n) is 21.6. The lowest BCUT2D eigenvalue weighted by Gasteiger charge is -2.27. The Kier molecular flexibility index (Phi) is 9.52. The molecule has 1 aromatic heterocycles. The predicted octanol–water partition coefficient (Wildman–Crippen LogP) is 3.99. The smallest absolute Gasteiger partial charge is 0.253 e. The molecule has 12 heteroatoms. The van der Waals surface area contributed by atoms with E-state index in [0.29, 0.717) is 22.9 Å². The van der Waals surface area contributed by atoms with Crippen molar-refractivity contribution < 1.29 is 22.4 Å². The number of benzene rings is 1. The van der Waals surface area contributed by atoms with Crippen LogP contribution in [0.2, 0.25) is 4.34 Å². The number of amides is 2. The van der Waals surface area contributed by atoms with Crippen molar-refractivity contribution in [3.05, 3.63) is 56.3 Å². The van der Waals surface area contributed by atoms with Crippen molar-refractivity contribution in [1.82, 2.24) is 14.1 Å². The van der Waals surface area contributed by atoms with E-state index in [1.807, 2.05) is 19.0 Å². The van der Waals surface area contributed by atoms with E-state index in [9.17, 15) is 22.4 Å². The molecule has 0 spiro atoms. The van der Waals surface area contributed by atoms with E-state index >= 15 is 0 Å².